The lowest BCUT2D eigenvalue weighted by Gasteiger charge is -2.29. The third-order valence-electron chi connectivity index (χ3n) is 4.34. The predicted molar refractivity (Wildman–Crippen MR) is 83.3 cm³/mol. The van der Waals surface area contributed by atoms with Crippen molar-refractivity contribution in [3.63, 3.8) is 0 Å². The van der Waals surface area contributed by atoms with Crippen LogP contribution in [-0.2, 0) is 16.0 Å². The molecule has 5 nitrogen and oxygen atoms in total. The molecule has 1 saturated heterocycles. The minimum Gasteiger partial charge on any atom is -0.464 e. The number of furan rings is 1. The van der Waals surface area contributed by atoms with Gasteiger partial charge in [0.15, 0.2) is 5.78 Å². The van der Waals surface area contributed by atoms with Crippen LogP contribution in [0.4, 0.5) is 0 Å². The lowest BCUT2D eigenvalue weighted by Crippen LogP contribution is -2.41. The molecule has 0 atom stereocenters. The number of carbonyl (C=O) groups excluding carboxylic acids is 2. The Bertz CT molecular complexity index is 684. The average Bonchev–Trinajstić information content (AvgIpc) is 2.91. The molecular formula is C17H20N2O3. The van der Waals surface area contributed by atoms with E-state index in [0.717, 1.165) is 42.5 Å². The van der Waals surface area contributed by atoms with Crippen molar-refractivity contribution in [3.05, 3.63) is 36.1 Å². The van der Waals surface area contributed by atoms with Gasteiger partial charge in [-0.15, -0.1) is 0 Å². The van der Waals surface area contributed by atoms with E-state index in [1.165, 1.54) is 0 Å². The van der Waals surface area contributed by atoms with Crippen LogP contribution in [0.5, 0.6) is 0 Å². The van der Waals surface area contributed by atoms with Crippen molar-refractivity contribution in [2.45, 2.75) is 19.3 Å². The number of amides is 1. The predicted octanol–water partition coefficient (Wildman–Crippen LogP) is 1.74. The number of Topliss-reactive ketones (excluding diaryl/α,β-unsaturated/α-hetero) is 1. The molecule has 3 rings (SSSR count). The quantitative estimate of drug-likeness (QED) is 0.912. The van der Waals surface area contributed by atoms with Gasteiger partial charge in [-0.2, -0.15) is 0 Å². The molecule has 0 bridgehead atoms. The number of primary amides is 1. The number of benzene rings is 1. The molecule has 22 heavy (non-hydrogen) atoms. The summed E-state index contributed by atoms with van der Waals surface area (Å²) in [6.45, 7) is 1.93. The van der Waals surface area contributed by atoms with Crippen LogP contribution in [-0.4, -0.2) is 36.2 Å². The summed E-state index contributed by atoms with van der Waals surface area (Å²) in [5.74, 6) is -0.0934. The number of hydrogen-bond acceptors (Lipinski definition) is 4. The van der Waals surface area contributed by atoms with E-state index < -0.39 is 0 Å². The number of fused-ring (bicyclic) bond motifs is 1. The Balaban J connectivity index is 1.56. The largest absolute Gasteiger partial charge is 0.464 e. The lowest BCUT2D eigenvalue weighted by molar-refractivity contribution is -0.123. The van der Waals surface area contributed by atoms with Crippen LogP contribution in [0.3, 0.4) is 0 Å². The van der Waals surface area contributed by atoms with Gasteiger partial charge in [0.2, 0.25) is 5.91 Å². The van der Waals surface area contributed by atoms with Crippen LogP contribution in [0.1, 0.15) is 18.4 Å². The Labute approximate surface area is 129 Å². The van der Waals surface area contributed by atoms with Crippen molar-refractivity contribution in [2.24, 2.45) is 11.7 Å². The van der Waals surface area contributed by atoms with E-state index in [1.54, 1.807) is 6.26 Å². The molecule has 0 aliphatic carbocycles. The van der Waals surface area contributed by atoms with Crippen molar-refractivity contribution in [1.29, 1.82) is 0 Å². The van der Waals surface area contributed by atoms with Crippen molar-refractivity contribution in [1.82, 2.24) is 4.90 Å². The van der Waals surface area contributed by atoms with E-state index in [4.69, 9.17) is 10.2 Å². The van der Waals surface area contributed by atoms with Crippen molar-refractivity contribution < 1.29 is 14.0 Å². The summed E-state index contributed by atoms with van der Waals surface area (Å²) in [7, 11) is 0. The minimum absolute atomic E-state index is 0.0378. The molecule has 0 spiro atoms. The van der Waals surface area contributed by atoms with Gasteiger partial charge in [-0.05, 0) is 32.0 Å². The first-order chi connectivity index (χ1) is 10.6. The number of rotatable bonds is 5. The number of para-hydroxylation sites is 1. The molecule has 1 fully saturated rings. The Morgan fingerprint density at radius 3 is 2.68 bits per heavy atom. The normalized spacial score (nSPS) is 16.9. The van der Waals surface area contributed by atoms with Gasteiger partial charge < -0.3 is 10.2 Å². The highest BCUT2D eigenvalue weighted by Crippen LogP contribution is 2.22. The van der Waals surface area contributed by atoms with Gasteiger partial charge in [0.1, 0.15) is 5.58 Å². The first kappa shape index (κ1) is 14.8. The Morgan fingerprint density at radius 2 is 1.95 bits per heavy atom. The van der Waals surface area contributed by atoms with Gasteiger partial charge in [0.25, 0.3) is 0 Å². The molecule has 2 N–H and O–H groups in total. The summed E-state index contributed by atoms with van der Waals surface area (Å²) >= 11 is 0. The monoisotopic (exact) mass is 300 g/mol. The summed E-state index contributed by atoms with van der Waals surface area (Å²) in [5.41, 5.74) is 7.07. The minimum atomic E-state index is -0.226. The van der Waals surface area contributed by atoms with Crippen LogP contribution < -0.4 is 5.73 Å². The van der Waals surface area contributed by atoms with Gasteiger partial charge in [-0.1, -0.05) is 18.2 Å². The van der Waals surface area contributed by atoms with Gasteiger partial charge >= 0.3 is 0 Å². The molecule has 1 aromatic carbocycles. The molecule has 2 heterocycles. The number of piperidine rings is 1. The second-order valence-corrected chi connectivity index (χ2v) is 5.93. The maximum atomic E-state index is 12.3. The zero-order chi connectivity index (χ0) is 15.5. The third-order valence-corrected chi connectivity index (χ3v) is 4.34. The van der Waals surface area contributed by atoms with Crippen LogP contribution in [0.25, 0.3) is 11.0 Å². The summed E-state index contributed by atoms with van der Waals surface area (Å²) < 4.78 is 5.46. The van der Waals surface area contributed by atoms with E-state index >= 15 is 0 Å². The molecule has 0 radical (unpaired) electrons. The number of ketones is 1. The number of likely N-dealkylation sites (tertiary alicyclic amines) is 1. The fraction of sp³-hybridized carbons (Fsp3) is 0.412. The first-order valence-electron chi connectivity index (χ1n) is 7.62. The van der Waals surface area contributed by atoms with Crippen LogP contribution >= 0.6 is 0 Å². The Hall–Kier alpha value is -2.14. The third kappa shape index (κ3) is 3.20. The molecule has 1 aromatic heterocycles. The van der Waals surface area contributed by atoms with Crippen LogP contribution in [0, 0.1) is 5.92 Å². The van der Waals surface area contributed by atoms with Crippen molar-refractivity contribution in [2.75, 3.05) is 19.6 Å². The number of nitrogens with two attached hydrogens (primary N) is 1. The van der Waals surface area contributed by atoms with Gasteiger partial charge in [0, 0.05) is 23.3 Å². The summed E-state index contributed by atoms with van der Waals surface area (Å²) in [5, 5.41) is 1.00. The zero-order valence-electron chi connectivity index (χ0n) is 12.5. The van der Waals surface area contributed by atoms with Crippen LogP contribution in [0.2, 0.25) is 0 Å². The average molecular weight is 300 g/mol. The number of nitrogens with zero attached hydrogens (tertiary/aromatic N) is 1. The molecule has 116 valence electrons. The summed E-state index contributed by atoms with van der Waals surface area (Å²) in [4.78, 5) is 25.5. The van der Waals surface area contributed by atoms with Gasteiger partial charge in [0.05, 0.1) is 12.8 Å². The fourth-order valence-electron chi connectivity index (χ4n) is 3.06. The fourth-order valence-corrected chi connectivity index (χ4v) is 3.06. The van der Waals surface area contributed by atoms with E-state index in [1.807, 2.05) is 24.3 Å². The maximum Gasteiger partial charge on any atom is 0.220 e. The van der Waals surface area contributed by atoms with E-state index in [9.17, 15) is 9.59 Å². The van der Waals surface area contributed by atoms with Crippen molar-refractivity contribution in [3.8, 4) is 0 Å². The van der Waals surface area contributed by atoms with E-state index in [-0.39, 0.29) is 17.6 Å². The van der Waals surface area contributed by atoms with Gasteiger partial charge in [-0.3, -0.25) is 14.5 Å². The van der Waals surface area contributed by atoms with E-state index in [2.05, 4.69) is 4.90 Å². The molecule has 5 heteroatoms. The second kappa shape index (κ2) is 6.32. The zero-order valence-corrected chi connectivity index (χ0v) is 12.5. The standard InChI is InChI=1S/C17H20N2O3/c18-17(21)12-5-7-19(8-6-12)10-14(20)9-13-11-22-16-4-2-1-3-15(13)16/h1-4,11-12H,5-10H2,(H2,18,21). The summed E-state index contributed by atoms with van der Waals surface area (Å²) in [6, 6.07) is 7.73. The topological polar surface area (TPSA) is 76.5 Å². The Kier molecular flexibility index (Phi) is 4.24. The SMILES string of the molecule is NC(=O)C1CCN(CC(=O)Cc2coc3ccccc23)CC1. The molecule has 1 aliphatic rings. The lowest BCUT2D eigenvalue weighted by atomic mass is 9.96. The second-order valence-electron chi connectivity index (χ2n) is 5.93. The summed E-state index contributed by atoms with van der Waals surface area (Å²) in [6.07, 6.45) is 3.54. The Morgan fingerprint density at radius 1 is 1.23 bits per heavy atom. The van der Waals surface area contributed by atoms with Crippen LogP contribution in [0.15, 0.2) is 34.9 Å². The molecule has 1 aliphatic heterocycles. The number of carbonyl (C=O) groups is 2. The number of hydrogen-bond donors (Lipinski definition) is 1. The highest BCUT2D eigenvalue weighted by molar-refractivity contribution is 5.89. The molecule has 0 saturated carbocycles. The molecule has 0 unspecified atom stereocenters. The first-order valence-corrected chi connectivity index (χ1v) is 7.62. The highest BCUT2D eigenvalue weighted by Gasteiger charge is 2.24. The highest BCUT2D eigenvalue weighted by atomic mass is 16.3. The smallest absolute Gasteiger partial charge is 0.220 e. The molecular weight excluding hydrogens is 280 g/mol. The van der Waals surface area contributed by atoms with Crippen molar-refractivity contribution >= 4 is 22.7 Å². The van der Waals surface area contributed by atoms with Gasteiger partial charge in [-0.25, -0.2) is 0 Å². The molecule has 1 amide bonds. The maximum absolute atomic E-state index is 12.3. The molecule has 2 aromatic rings. The van der Waals surface area contributed by atoms with E-state index in [0.29, 0.717) is 13.0 Å².